The van der Waals surface area contributed by atoms with E-state index in [1.807, 2.05) is 43.5 Å². The minimum Gasteiger partial charge on any atom is -0.343 e. The molecule has 2 aromatic rings. The molecule has 0 unspecified atom stereocenters. The molecule has 3 rings (SSSR count). The van der Waals surface area contributed by atoms with Crippen molar-refractivity contribution in [3.63, 3.8) is 0 Å². The zero-order valence-corrected chi connectivity index (χ0v) is 15.3. The van der Waals surface area contributed by atoms with E-state index < -0.39 is 18.0 Å². The molecule has 0 spiro atoms. The third-order valence-corrected chi connectivity index (χ3v) is 4.75. The monoisotopic (exact) mass is 365 g/mol. The summed E-state index contributed by atoms with van der Waals surface area (Å²) in [6.45, 7) is 6.78. The average molecular weight is 365 g/mol. The molecule has 1 aliphatic rings. The molecule has 1 atom stereocenters. The molecule has 0 bridgehead atoms. The van der Waals surface area contributed by atoms with Gasteiger partial charge in [-0.15, -0.1) is 0 Å². The lowest BCUT2D eigenvalue weighted by molar-refractivity contribution is -0.126. The number of nitrogens with zero attached hydrogens (tertiary/aromatic N) is 3. The molecule has 0 aliphatic carbocycles. The number of amides is 1. The van der Waals surface area contributed by atoms with Gasteiger partial charge in [0, 0.05) is 25.8 Å². The topological polar surface area (TPSA) is 61.7 Å². The van der Waals surface area contributed by atoms with Gasteiger partial charge < -0.3 is 15.0 Å². The van der Waals surface area contributed by atoms with Crippen molar-refractivity contribution in [1.29, 1.82) is 0 Å². The maximum Gasteiger partial charge on any atom is 0.251 e. The molecule has 1 fully saturated rings. The number of fused-ring (bicyclic) bond motifs is 1. The van der Waals surface area contributed by atoms with E-state index >= 15 is 0 Å². The normalized spacial score (nSPS) is 19.2. The van der Waals surface area contributed by atoms with Crippen LogP contribution in [0, 0.1) is 6.92 Å². The minimum atomic E-state index is -2.40. The molecule has 1 saturated heterocycles. The Hall–Kier alpha value is -2.06. The van der Waals surface area contributed by atoms with Gasteiger partial charge in [0.15, 0.2) is 0 Å². The maximum atomic E-state index is 12.7. The lowest BCUT2D eigenvalue weighted by atomic mass is 10.0. The molecular weight excluding hydrogens is 340 g/mol. The first-order chi connectivity index (χ1) is 12.3. The zero-order chi connectivity index (χ0) is 18.9. The van der Waals surface area contributed by atoms with Gasteiger partial charge in [-0.2, -0.15) is 0 Å². The highest BCUT2D eigenvalue weighted by molar-refractivity contribution is 5.83. The van der Waals surface area contributed by atoms with Gasteiger partial charge in [0.1, 0.15) is 5.82 Å². The molecule has 0 radical (unpaired) electrons. The minimum absolute atomic E-state index is 0.210. The number of alkyl halides is 2. The average Bonchev–Trinajstić information content (AvgIpc) is 3.00. The number of hydrogen-bond acceptors (Lipinski definition) is 4. The van der Waals surface area contributed by atoms with Crippen LogP contribution >= 0.6 is 0 Å². The van der Waals surface area contributed by atoms with Gasteiger partial charge in [0.05, 0.1) is 29.8 Å². The summed E-state index contributed by atoms with van der Waals surface area (Å²) in [5, 5.41) is 6.13. The van der Waals surface area contributed by atoms with E-state index in [0.717, 1.165) is 16.9 Å². The number of aryl methyl sites for hydroxylation is 1. The van der Waals surface area contributed by atoms with Gasteiger partial charge in [0.2, 0.25) is 5.91 Å². The lowest BCUT2D eigenvalue weighted by Crippen LogP contribution is -2.60. The number of carbonyl (C=O) groups excluding carboxylic acids is 1. The summed E-state index contributed by atoms with van der Waals surface area (Å²) in [7, 11) is 0. The predicted molar refractivity (Wildman–Crippen MR) is 95.3 cm³/mol. The molecular formula is C18H25F2N5O. The Bertz CT molecular complexity index is 789. The fraction of sp³-hybridized carbons (Fsp3) is 0.556. The summed E-state index contributed by atoms with van der Waals surface area (Å²) in [5.41, 5.74) is 1.39. The smallest absolute Gasteiger partial charge is 0.251 e. The van der Waals surface area contributed by atoms with Gasteiger partial charge >= 0.3 is 0 Å². The third-order valence-electron chi connectivity index (χ3n) is 4.75. The van der Waals surface area contributed by atoms with E-state index in [-0.39, 0.29) is 19.0 Å². The molecule has 2 aromatic heterocycles. The Labute approximate surface area is 151 Å². The van der Waals surface area contributed by atoms with Crippen LogP contribution in [0.15, 0.2) is 24.5 Å². The summed E-state index contributed by atoms with van der Waals surface area (Å²) in [6, 6.07) is 3.43. The second-order valence-electron chi connectivity index (χ2n) is 7.30. The Kier molecular flexibility index (Phi) is 5.24. The van der Waals surface area contributed by atoms with Crippen LogP contribution in [0.4, 0.5) is 8.78 Å². The summed E-state index contributed by atoms with van der Waals surface area (Å²) in [5.74, 6) is 0.517. The van der Waals surface area contributed by atoms with Crippen molar-refractivity contribution in [1.82, 2.24) is 24.9 Å². The van der Waals surface area contributed by atoms with Crippen molar-refractivity contribution in [3.8, 4) is 0 Å². The highest BCUT2D eigenvalue weighted by atomic mass is 19.3. The molecule has 0 aromatic carbocycles. The number of rotatable bonds is 5. The van der Waals surface area contributed by atoms with Crippen LogP contribution in [-0.2, 0) is 10.3 Å². The fourth-order valence-electron chi connectivity index (χ4n) is 3.42. The Balaban J connectivity index is 1.74. The van der Waals surface area contributed by atoms with Gasteiger partial charge in [-0.1, -0.05) is 6.07 Å². The Morgan fingerprint density at radius 3 is 3.00 bits per heavy atom. The highest BCUT2D eigenvalue weighted by Gasteiger charge is 2.33. The predicted octanol–water partition coefficient (Wildman–Crippen LogP) is 1.53. The first kappa shape index (κ1) is 18.7. The van der Waals surface area contributed by atoms with E-state index in [4.69, 9.17) is 0 Å². The first-order valence-corrected chi connectivity index (χ1v) is 8.77. The van der Waals surface area contributed by atoms with Crippen molar-refractivity contribution in [2.45, 2.75) is 38.8 Å². The van der Waals surface area contributed by atoms with Crippen LogP contribution in [-0.4, -0.2) is 58.8 Å². The van der Waals surface area contributed by atoms with Crippen LogP contribution in [0.3, 0.4) is 0 Å². The zero-order valence-electron chi connectivity index (χ0n) is 15.3. The second kappa shape index (κ2) is 7.28. The van der Waals surface area contributed by atoms with Crippen LogP contribution in [0.5, 0.6) is 0 Å². The molecule has 8 heteroatoms. The van der Waals surface area contributed by atoms with Gasteiger partial charge in [-0.25, -0.2) is 13.8 Å². The molecule has 1 aliphatic heterocycles. The van der Waals surface area contributed by atoms with Crippen molar-refractivity contribution >= 4 is 11.4 Å². The highest BCUT2D eigenvalue weighted by Crippen LogP contribution is 2.22. The number of hydrogen-bond donors (Lipinski definition) is 2. The van der Waals surface area contributed by atoms with Crippen LogP contribution in [0.2, 0.25) is 0 Å². The molecule has 2 N–H and O–H groups in total. The maximum absolute atomic E-state index is 12.7. The number of piperazine rings is 1. The van der Waals surface area contributed by atoms with E-state index in [1.54, 1.807) is 11.1 Å². The summed E-state index contributed by atoms with van der Waals surface area (Å²) < 4.78 is 27.2. The molecule has 142 valence electrons. The van der Waals surface area contributed by atoms with Crippen LogP contribution in [0.25, 0.3) is 5.52 Å². The van der Waals surface area contributed by atoms with Gasteiger partial charge in [0.25, 0.3) is 6.43 Å². The molecule has 6 nitrogen and oxygen atoms in total. The number of halogens is 2. The van der Waals surface area contributed by atoms with Crippen molar-refractivity contribution < 1.29 is 13.6 Å². The Morgan fingerprint density at radius 2 is 2.27 bits per heavy atom. The van der Waals surface area contributed by atoms with E-state index in [0.29, 0.717) is 13.1 Å². The molecule has 3 heterocycles. The molecule has 0 saturated carbocycles. The summed E-state index contributed by atoms with van der Waals surface area (Å²) in [4.78, 5) is 18.8. The largest absolute Gasteiger partial charge is 0.343 e. The molecule has 1 amide bonds. The van der Waals surface area contributed by atoms with Crippen LogP contribution in [0.1, 0.15) is 25.2 Å². The third kappa shape index (κ3) is 3.86. The standard InChI is InChI=1S/C18H25F2N5O/c1-12-5-4-7-25-14(12)9-22-17(25)18(2,3)23-16(26)13-10-24(8-6-21-13)11-15(19)20/h4-5,7,9,13,15,21H,6,8,10-11H2,1-3H3,(H,23,26)/t13-/m0/s1. The number of aromatic nitrogens is 2. The van der Waals surface area contributed by atoms with Crippen molar-refractivity contribution in [2.24, 2.45) is 0 Å². The van der Waals surface area contributed by atoms with E-state index in [1.165, 1.54) is 0 Å². The molecule has 26 heavy (non-hydrogen) atoms. The van der Waals surface area contributed by atoms with Gasteiger partial charge in [-0.05, 0) is 32.4 Å². The van der Waals surface area contributed by atoms with Crippen molar-refractivity contribution in [2.75, 3.05) is 26.2 Å². The summed E-state index contributed by atoms with van der Waals surface area (Å²) in [6.07, 6.45) is 1.32. The second-order valence-corrected chi connectivity index (χ2v) is 7.30. The summed E-state index contributed by atoms with van der Waals surface area (Å²) >= 11 is 0. The van der Waals surface area contributed by atoms with Crippen LogP contribution < -0.4 is 10.6 Å². The first-order valence-electron chi connectivity index (χ1n) is 8.77. The van der Waals surface area contributed by atoms with Crippen molar-refractivity contribution in [3.05, 3.63) is 35.9 Å². The van der Waals surface area contributed by atoms with Gasteiger partial charge in [-0.3, -0.25) is 9.69 Å². The number of pyridine rings is 1. The lowest BCUT2D eigenvalue weighted by Gasteiger charge is -2.34. The number of nitrogens with one attached hydrogen (secondary N) is 2. The SMILES string of the molecule is Cc1cccn2c(C(C)(C)NC(=O)[C@@H]3CN(CC(F)F)CCN3)ncc12. The van der Waals surface area contributed by atoms with E-state index in [2.05, 4.69) is 15.6 Å². The Morgan fingerprint density at radius 1 is 1.50 bits per heavy atom. The van der Waals surface area contributed by atoms with E-state index in [9.17, 15) is 13.6 Å². The number of carbonyl (C=O) groups is 1. The number of imidazole rings is 1. The fourth-order valence-corrected chi connectivity index (χ4v) is 3.42. The quantitative estimate of drug-likeness (QED) is 0.844.